The van der Waals surface area contributed by atoms with E-state index in [0.717, 1.165) is 38.9 Å². The second-order valence-corrected chi connectivity index (χ2v) is 10.3. The first kappa shape index (κ1) is 17.1. The number of fused-ring (bicyclic) bond motifs is 2. The zero-order valence-electron chi connectivity index (χ0n) is 15.6. The highest BCUT2D eigenvalue weighted by Crippen LogP contribution is 2.60. The molecule has 8 rings (SSSR count). The molecule has 3 aromatic heterocycles. The van der Waals surface area contributed by atoms with Crippen LogP contribution < -0.4 is 0 Å². The highest BCUT2D eigenvalue weighted by atomic mass is 35.5. The average molecular weight is 411 g/mol. The summed E-state index contributed by atoms with van der Waals surface area (Å²) >= 11 is 1.68. The Bertz CT molecular complexity index is 1120. The molecule has 4 aromatic rings. The van der Waals surface area contributed by atoms with Crippen molar-refractivity contribution in [3.8, 4) is 10.6 Å². The number of rotatable bonds is 2. The molecule has 4 fully saturated rings. The maximum absolute atomic E-state index is 6.33. The number of imidazole rings is 1. The maximum atomic E-state index is 6.33. The van der Waals surface area contributed by atoms with E-state index in [1.165, 1.54) is 49.5 Å². The summed E-state index contributed by atoms with van der Waals surface area (Å²) in [5.41, 5.74) is 3.01. The molecule has 5 heteroatoms. The van der Waals surface area contributed by atoms with E-state index in [1.54, 1.807) is 11.3 Å². The molecule has 0 amide bonds. The zero-order valence-corrected chi connectivity index (χ0v) is 17.3. The normalized spacial score (nSPS) is 30.9. The van der Waals surface area contributed by atoms with Crippen LogP contribution in [-0.2, 0) is 5.41 Å². The molecule has 3 nitrogen and oxygen atoms in total. The highest BCUT2D eigenvalue weighted by Gasteiger charge is 2.51. The smallest absolute Gasteiger partial charge is 0.194 e. The molecule has 0 radical (unpaired) electrons. The largest absolute Gasteiger partial charge is 0.455 e. The van der Waals surface area contributed by atoms with Crippen molar-refractivity contribution in [2.45, 2.75) is 43.9 Å². The number of nitrogens with zero attached hydrogens (tertiary/aromatic N) is 2. The Labute approximate surface area is 174 Å². The van der Waals surface area contributed by atoms with Crippen LogP contribution in [0, 0.1) is 17.8 Å². The number of benzene rings is 1. The monoisotopic (exact) mass is 410 g/mol. The molecule has 3 heterocycles. The predicted octanol–water partition coefficient (Wildman–Crippen LogP) is 6.70. The lowest BCUT2D eigenvalue weighted by Gasteiger charge is -2.57. The SMILES string of the molecule is Cl.c1cn2cc(-c3cc4ccc(C56CC7CC(CC(C7)C5)C6)cc4o3)sc2n1. The van der Waals surface area contributed by atoms with Crippen LogP contribution in [0.1, 0.15) is 44.1 Å². The number of furan rings is 1. The Balaban J connectivity index is 0.00000156. The molecule has 0 saturated heterocycles. The summed E-state index contributed by atoms with van der Waals surface area (Å²) in [5, 5.41) is 1.21. The summed E-state index contributed by atoms with van der Waals surface area (Å²) in [7, 11) is 0. The van der Waals surface area contributed by atoms with Gasteiger partial charge >= 0.3 is 0 Å². The average Bonchev–Trinajstić information content (AvgIpc) is 3.33. The third-order valence-electron chi connectivity index (χ3n) is 7.50. The van der Waals surface area contributed by atoms with E-state index in [1.807, 2.05) is 12.4 Å². The molecule has 4 bridgehead atoms. The van der Waals surface area contributed by atoms with Crippen molar-refractivity contribution in [3.63, 3.8) is 0 Å². The lowest BCUT2D eigenvalue weighted by molar-refractivity contribution is -0.00515. The number of halogens is 1. The van der Waals surface area contributed by atoms with Crippen molar-refractivity contribution >= 4 is 39.7 Å². The van der Waals surface area contributed by atoms with Gasteiger partial charge in [0.15, 0.2) is 4.96 Å². The molecule has 0 atom stereocenters. The van der Waals surface area contributed by atoms with Gasteiger partial charge in [-0.25, -0.2) is 4.98 Å². The molecule has 0 unspecified atom stereocenters. The molecule has 144 valence electrons. The first-order valence-electron chi connectivity index (χ1n) is 10.2. The number of thiazole rings is 1. The van der Waals surface area contributed by atoms with Gasteiger partial charge in [0.05, 0.1) is 4.88 Å². The van der Waals surface area contributed by atoms with E-state index in [2.05, 4.69) is 39.8 Å². The van der Waals surface area contributed by atoms with Gasteiger partial charge in [0.25, 0.3) is 0 Å². The Hall–Kier alpha value is -1.78. The Morgan fingerprint density at radius 1 is 1.04 bits per heavy atom. The number of aromatic nitrogens is 2. The second kappa shape index (κ2) is 5.87. The maximum Gasteiger partial charge on any atom is 0.194 e. The summed E-state index contributed by atoms with van der Waals surface area (Å²) < 4.78 is 8.39. The second-order valence-electron chi connectivity index (χ2n) is 9.27. The van der Waals surface area contributed by atoms with Crippen LogP contribution in [-0.4, -0.2) is 9.38 Å². The predicted molar refractivity (Wildman–Crippen MR) is 115 cm³/mol. The van der Waals surface area contributed by atoms with Gasteiger partial charge in [0.2, 0.25) is 0 Å². The van der Waals surface area contributed by atoms with Crippen LogP contribution in [0.15, 0.2) is 47.3 Å². The van der Waals surface area contributed by atoms with Gasteiger partial charge in [0.1, 0.15) is 11.3 Å². The molecule has 28 heavy (non-hydrogen) atoms. The fourth-order valence-electron chi connectivity index (χ4n) is 6.79. The summed E-state index contributed by atoms with van der Waals surface area (Å²) in [6.45, 7) is 0. The van der Waals surface area contributed by atoms with Gasteiger partial charge in [-0.05, 0) is 79.4 Å². The van der Waals surface area contributed by atoms with Crippen molar-refractivity contribution < 1.29 is 4.42 Å². The molecule has 0 aliphatic heterocycles. The van der Waals surface area contributed by atoms with Crippen molar-refractivity contribution in [2.24, 2.45) is 17.8 Å². The first-order chi connectivity index (χ1) is 13.2. The Morgan fingerprint density at radius 2 is 1.79 bits per heavy atom. The minimum Gasteiger partial charge on any atom is -0.455 e. The molecule has 4 aliphatic carbocycles. The van der Waals surface area contributed by atoms with Crippen LogP contribution in [0.2, 0.25) is 0 Å². The van der Waals surface area contributed by atoms with E-state index in [0.29, 0.717) is 5.41 Å². The topological polar surface area (TPSA) is 30.4 Å². The van der Waals surface area contributed by atoms with Crippen LogP contribution >= 0.6 is 23.7 Å². The van der Waals surface area contributed by atoms with E-state index in [4.69, 9.17) is 4.42 Å². The summed E-state index contributed by atoms with van der Waals surface area (Å²) in [6.07, 6.45) is 14.6. The van der Waals surface area contributed by atoms with Gasteiger partial charge in [0, 0.05) is 24.0 Å². The molecule has 0 N–H and O–H groups in total. The van der Waals surface area contributed by atoms with Crippen LogP contribution in [0.3, 0.4) is 0 Å². The van der Waals surface area contributed by atoms with Crippen molar-refractivity contribution in [1.29, 1.82) is 0 Å². The Morgan fingerprint density at radius 3 is 2.50 bits per heavy atom. The van der Waals surface area contributed by atoms with Crippen LogP contribution in [0.4, 0.5) is 0 Å². The van der Waals surface area contributed by atoms with Gasteiger partial charge in [-0.1, -0.05) is 23.5 Å². The van der Waals surface area contributed by atoms with Gasteiger partial charge in [-0.3, -0.25) is 4.40 Å². The molecule has 1 aromatic carbocycles. The quantitative estimate of drug-likeness (QED) is 0.368. The molecular formula is C23H23ClN2OS. The minimum atomic E-state index is 0. The van der Waals surface area contributed by atoms with E-state index in [9.17, 15) is 0 Å². The first-order valence-corrected chi connectivity index (χ1v) is 11.0. The third kappa shape index (κ3) is 2.37. The van der Waals surface area contributed by atoms with E-state index < -0.39 is 0 Å². The third-order valence-corrected chi connectivity index (χ3v) is 8.53. The number of hydrogen-bond donors (Lipinski definition) is 0. The summed E-state index contributed by atoms with van der Waals surface area (Å²) in [4.78, 5) is 6.54. The summed E-state index contributed by atoms with van der Waals surface area (Å²) in [6, 6.07) is 9.24. The highest BCUT2D eigenvalue weighted by molar-refractivity contribution is 7.20. The lowest BCUT2D eigenvalue weighted by Crippen LogP contribution is -2.48. The molecular weight excluding hydrogens is 388 g/mol. The van der Waals surface area contributed by atoms with Gasteiger partial charge in [-0.2, -0.15) is 0 Å². The van der Waals surface area contributed by atoms with E-state index in [-0.39, 0.29) is 12.4 Å². The van der Waals surface area contributed by atoms with Crippen molar-refractivity contribution in [1.82, 2.24) is 9.38 Å². The molecule has 0 spiro atoms. The fourth-order valence-corrected chi connectivity index (χ4v) is 7.68. The Kier molecular flexibility index (Phi) is 3.58. The molecule has 4 aliphatic rings. The summed E-state index contributed by atoms with van der Waals surface area (Å²) in [5.74, 6) is 3.88. The lowest BCUT2D eigenvalue weighted by atomic mass is 9.48. The molecule has 4 saturated carbocycles. The van der Waals surface area contributed by atoms with Crippen LogP contribution in [0.25, 0.3) is 26.6 Å². The standard InChI is InChI=1S/C23H22N2OS.ClH/c1-2-18(23-10-14-5-15(11-23)7-16(6-14)12-23)9-19-17(1)8-20(26-19)21-13-25-4-3-24-22(25)27-21;/h1-4,8-9,13-16H,5-7,10-12H2;1H. The van der Waals surface area contributed by atoms with Gasteiger partial charge in [-0.15, -0.1) is 12.4 Å². The van der Waals surface area contributed by atoms with Crippen LogP contribution in [0.5, 0.6) is 0 Å². The minimum absolute atomic E-state index is 0. The van der Waals surface area contributed by atoms with E-state index >= 15 is 0 Å². The fraction of sp³-hybridized carbons (Fsp3) is 0.435. The number of hydrogen-bond acceptors (Lipinski definition) is 3. The van der Waals surface area contributed by atoms with Gasteiger partial charge < -0.3 is 4.42 Å². The van der Waals surface area contributed by atoms with Crippen molar-refractivity contribution in [3.05, 3.63) is 48.4 Å². The van der Waals surface area contributed by atoms with Crippen molar-refractivity contribution in [2.75, 3.05) is 0 Å². The zero-order chi connectivity index (χ0) is 17.6.